The molecule has 162 valence electrons. The number of ether oxygens (including phenoxy) is 1. The zero-order valence-electron chi connectivity index (χ0n) is 17.6. The molecule has 1 amide bonds. The van der Waals surface area contributed by atoms with Crippen molar-refractivity contribution in [2.45, 2.75) is 32.6 Å². The van der Waals surface area contributed by atoms with E-state index >= 15 is 0 Å². The number of nitrogens with zero attached hydrogens (tertiary/aromatic N) is 3. The molecule has 0 atom stereocenters. The van der Waals surface area contributed by atoms with E-state index in [9.17, 15) is 14.0 Å². The van der Waals surface area contributed by atoms with Gasteiger partial charge in [0.05, 0.1) is 18.0 Å². The van der Waals surface area contributed by atoms with Gasteiger partial charge in [0, 0.05) is 30.1 Å². The van der Waals surface area contributed by atoms with Crippen molar-refractivity contribution in [3.05, 3.63) is 64.9 Å². The van der Waals surface area contributed by atoms with Gasteiger partial charge >= 0.3 is 5.97 Å². The van der Waals surface area contributed by atoms with E-state index < -0.39 is 5.97 Å². The molecule has 4 rings (SSSR count). The lowest BCUT2D eigenvalue weighted by Gasteiger charge is -2.20. The minimum Gasteiger partial charge on any atom is -0.461 e. The molecule has 2 aromatic heterocycles. The van der Waals surface area contributed by atoms with E-state index in [4.69, 9.17) is 16.3 Å². The smallest absolute Gasteiger partial charge is 0.358 e. The number of fused-ring (bicyclic) bond motifs is 3. The summed E-state index contributed by atoms with van der Waals surface area (Å²) in [5.41, 5.74) is 3.76. The summed E-state index contributed by atoms with van der Waals surface area (Å²) in [6.45, 7) is 6.53. The lowest BCUT2D eigenvalue weighted by atomic mass is 9.90. The average molecular weight is 444 g/mol. The highest BCUT2D eigenvalue weighted by Crippen LogP contribution is 2.42. The minimum absolute atomic E-state index is 0.126. The van der Waals surface area contributed by atoms with Crippen molar-refractivity contribution in [2.75, 3.05) is 23.9 Å². The summed E-state index contributed by atoms with van der Waals surface area (Å²) < 4.78 is 20.4. The van der Waals surface area contributed by atoms with Gasteiger partial charge < -0.3 is 14.0 Å². The first-order valence-corrected chi connectivity index (χ1v) is 10.6. The number of benzene rings is 1. The van der Waals surface area contributed by atoms with Crippen molar-refractivity contribution < 1.29 is 18.7 Å². The Morgan fingerprint density at radius 3 is 2.61 bits per heavy atom. The fourth-order valence-corrected chi connectivity index (χ4v) is 4.33. The van der Waals surface area contributed by atoms with E-state index in [-0.39, 0.29) is 35.3 Å². The van der Waals surface area contributed by atoms with Crippen LogP contribution in [0.25, 0.3) is 5.65 Å². The first-order valence-electron chi connectivity index (χ1n) is 10.1. The molecule has 8 heteroatoms. The second kappa shape index (κ2) is 7.96. The summed E-state index contributed by atoms with van der Waals surface area (Å²) >= 11 is 5.87. The number of aromatic nitrogens is 2. The van der Waals surface area contributed by atoms with Gasteiger partial charge in [0.2, 0.25) is 5.91 Å². The quantitative estimate of drug-likeness (QED) is 0.440. The number of anilines is 1. The lowest BCUT2D eigenvalue weighted by molar-refractivity contribution is -0.116. The molecule has 0 spiro atoms. The van der Waals surface area contributed by atoms with Gasteiger partial charge in [0.15, 0.2) is 5.69 Å². The Balaban J connectivity index is 1.93. The Morgan fingerprint density at radius 1 is 1.26 bits per heavy atom. The van der Waals surface area contributed by atoms with Gasteiger partial charge in [-0.1, -0.05) is 26.0 Å². The maximum Gasteiger partial charge on any atom is 0.358 e. The number of carbonyl (C=O) groups is 2. The van der Waals surface area contributed by atoms with Crippen molar-refractivity contribution in [3.8, 4) is 0 Å². The van der Waals surface area contributed by atoms with Gasteiger partial charge in [-0.3, -0.25) is 4.79 Å². The van der Waals surface area contributed by atoms with Gasteiger partial charge in [0.25, 0.3) is 0 Å². The number of carbonyl (C=O) groups excluding carboxylic acids is 2. The lowest BCUT2D eigenvalue weighted by Crippen LogP contribution is -2.34. The van der Waals surface area contributed by atoms with Crippen LogP contribution in [0.5, 0.6) is 0 Å². The number of hydrogen-bond acceptors (Lipinski definition) is 4. The molecule has 1 aromatic carbocycles. The SMILES string of the molecule is CCOC(=O)c1cn2c3c(cc(Cc4ccc(F)cc4)c2n1)N(C(=O)CCl)CC3(C)C. The zero-order chi connectivity index (χ0) is 22.3. The van der Waals surface area contributed by atoms with Crippen LogP contribution in [0.15, 0.2) is 36.5 Å². The maximum atomic E-state index is 13.4. The highest BCUT2D eigenvalue weighted by atomic mass is 35.5. The number of halogens is 2. The van der Waals surface area contributed by atoms with Crippen LogP contribution in [0.3, 0.4) is 0 Å². The fourth-order valence-electron chi connectivity index (χ4n) is 4.18. The van der Waals surface area contributed by atoms with Crippen LogP contribution in [-0.2, 0) is 21.4 Å². The molecule has 0 radical (unpaired) electrons. The summed E-state index contributed by atoms with van der Waals surface area (Å²) in [6, 6.07) is 8.15. The molecular weight excluding hydrogens is 421 g/mol. The third-order valence-corrected chi connectivity index (χ3v) is 5.71. The molecule has 0 bridgehead atoms. The molecule has 3 aromatic rings. The van der Waals surface area contributed by atoms with E-state index in [0.717, 1.165) is 22.5 Å². The Labute approximate surface area is 184 Å². The van der Waals surface area contributed by atoms with E-state index in [1.165, 1.54) is 12.1 Å². The molecule has 0 aliphatic carbocycles. The first kappa shape index (κ1) is 21.3. The van der Waals surface area contributed by atoms with Gasteiger partial charge in [0.1, 0.15) is 17.3 Å². The molecule has 0 saturated heterocycles. The molecule has 3 heterocycles. The molecule has 0 N–H and O–H groups in total. The summed E-state index contributed by atoms with van der Waals surface area (Å²) in [7, 11) is 0. The monoisotopic (exact) mass is 443 g/mol. The Kier molecular flexibility index (Phi) is 5.47. The predicted octanol–water partition coefficient (Wildman–Crippen LogP) is 4.10. The van der Waals surface area contributed by atoms with Crippen LogP contribution in [0.2, 0.25) is 0 Å². The predicted molar refractivity (Wildman–Crippen MR) is 116 cm³/mol. The molecule has 0 unspecified atom stereocenters. The van der Waals surface area contributed by atoms with Gasteiger partial charge in [-0.05, 0) is 30.7 Å². The van der Waals surface area contributed by atoms with Gasteiger partial charge in [-0.15, -0.1) is 11.6 Å². The Bertz CT molecular complexity index is 1170. The number of amides is 1. The standard InChI is InChI=1S/C23H23ClFN3O3/c1-4-31-22(30)17-12-27-20-18(28(19(29)11-24)13-23(20,2)3)10-15(21(27)26-17)9-14-5-7-16(25)8-6-14/h5-8,10,12H,4,9,11,13H2,1-3H3. The number of rotatable bonds is 5. The van der Waals surface area contributed by atoms with Crippen LogP contribution >= 0.6 is 11.6 Å². The summed E-state index contributed by atoms with van der Waals surface area (Å²) in [6.07, 6.45) is 2.12. The van der Waals surface area contributed by atoms with Gasteiger partial charge in [-0.25, -0.2) is 14.2 Å². The molecule has 31 heavy (non-hydrogen) atoms. The molecular formula is C23H23ClFN3O3. The van der Waals surface area contributed by atoms with Crippen LogP contribution in [0, 0.1) is 5.82 Å². The van der Waals surface area contributed by atoms with Crippen LogP contribution in [0.1, 0.15) is 48.1 Å². The highest BCUT2D eigenvalue weighted by Gasteiger charge is 2.41. The zero-order valence-corrected chi connectivity index (χ0v) is 18.4. The van der Waals surface area contributed by atoms with Crippen molar-refractivity contribution in [3.63, 3.8) is 0 Å². The molecule has 0 saturated carbocycles. The number of imidazole rings is 1. The Morgan fingerprint density at radius 2 is 1.97 bits per heavy atom. The number of alkyl halides is 1. The maximum absolute atomic E-state index is 13.4. The van der Waals surface area contributed by atoms with E-state index in [1.807, 2.05) is 24.3 Å². The largest absolute Gasteiger partial charge is 0.461 e. The molecule has 0 fully saturated rings. The number of esters is 1. The van der Waals surface area contributed by atoms with Crippen molar-refractivity contribution in [2.24, 2.45) is 0 Å². The van der Waals surface area contributed by atoms with Crippen LogP contribution in [0.4, 0.5) is 10.1 Å². The topological polar surface area (TPSA) is 63.9 Å². The van der Waals surface area contributed by atoms with Crippen molar-refractivity contribution in [1.29, 1.82) is 0 Å². The third-order valence-electron chi connectivity index (χ3n) is 5.48. The minimum atomic E-state index is -0.503. The first-order chi connectivity index (χ1) is 14.7. The third kappa shape index (κ3) is 3.78. The van der Waals surface area contributed by atoms with E-state index in [0.29, 0.717) is 18.6 Å². The summed E-state index contributed by atoms with van der Waals surface area (Å²) in [5, 5.41) is 0. The van der Waals surface area contributed by atoms with E-state index in [2.05, 4.69) is 4.98 Å². The van der Waals surface area contributed by atoms with E-state index in [1.54, 1.807) is 30.2 Å². The second-order valence-corrected chi connectivity index (χ2v) is 8.51. The average Bonchev–Trinajstić information content (AvgIpc) is 3.28. The van der Waals surface area contributed by atoms with Crippen molar-refractivity contribution in [1.82, 2.24) is 9.38 Å². The summed E-state index contributed by atoms with van der Waals surface area (Å²) in [5.74, 6) is -1.13. The highest BCUT2D eigenvalue weighted by molar-refractivity contribution is 6.29. The second-order valence-electron chi connectivity index (χ2n) is 8.24. The molecule has 1 aliphatic rings. The number of hydrogen-bond donors (Lipinski definition) is 0. The summed E-state index contributed by atoms with van der Waals surface area (Å²) in [4.78, 5) is 31.2. The number of pyridine rings is 1. The van der Waals surface area contributed by atoms with Crippen LogP contribution in [-0.4, -0.2) is 40.3 Å². The molecule has 6 nitrogen and oxygen atoms in total. The normalized spacial score (nSPS) is 14.7. The fraction of sp³-hybridized carbons (Fsp3) is 0.348. The molecule has 1 aliphatic heterocycles. The Hall–Kier alpha value is -2.93. The van der Waals surface area contributed by atoms with Crippen molar-refractivity contribution >= 4 is 34.8 Å². The van der Waals surface area contributed by atoms with Gasteiger partial charge in [-0.2, -0.15) is 0 Å². The van der Waals surface area contributed by atoms with Crippen LogP contribution < -0.4 is 4.90 Å².